The van der Waals surface area contributed by atoms with Gasteiger partial charge in [0.05, 0.1) is 17.6 Å². The van der Waals surface area contributed by atoms with Gasteiger partial charge in [-0.15, -0.1) is 0 Å². The summed E-state index contributed by atoms with van der Waals surface area (Å²) < 4.78 is 3.95. The molecule has 0 unspecified atom stereocenters. The van der Waals surface area contributed by atoms with E-state index in [2.05, 4.69) is 22.1 Å². The predicted molar refractivity (Wildman–Crippen MR) is 70.2 cm³/mol. The molecule has 0 spiro atoms. The molecule has 0 N–H and O–H groups in total. The van der Waals surface area contributed by atoms with E-state index in [0.717, 1.165) is 22.8 Å². The van der Waals surface area contributed by atoms with E-state index in [1.807, 2.05) is 53.8 Å². The summed E-state index contributed by atoms with van der Waals surface area (Å²) in [4.78, 5) is 8.83. The number of nitrogens with zero attached hydrogens (tertiary/aromatic N) is 4. The quantitative estimate of drug-likeness (QED) is 0.688. The third-order valence-electron chi connectivity index (χ3n) is 2.79. The van der Waals surface area contributed by atoms with Gasteiger partial charge < -0.3 is 0 Å². The van der Waals surface area contributed by atoms with Gasteiger partial charge in [0.25, 0.3) is 0 Å². The Kier molecular flexibility index (Phi) is 2.48. The summed E-state index contributed by atoms with van der Waals surface area (Å²) in [6.45, 7) is 3.97. The maximum absolute atomic E-state index is 4.58. The lowest BCUT2D eigenvalue weighted by Crippen LogP contribution is -2.07. The fourth-order valence-corrected chi connectivity index (χ4v) is 1.97. The summed E-state index contributed by atoms with van der Waals surface area (Å²) in [6, 6.07) is 10.2. The van der Waals surface area contributed by atoms with Crippen LogP contribution < -0.4 is 0 Å². The van der Waals surface area contributed by atoms with Crippen molar-refractivity contribution in [2.75, 3.05) is 0 Å². The van der Waals surface area contributed by atoms with E-state index in [-0.39, 0.29) is 0 Å². The Hall–Kier alpha value is -2.36. The van der Waals surface area contributed by atoms with Crippen LogP contribution in [0.15, 0.2) is 49.1 Å². The van der Waals surface area contributed by atoms with Crippen molar-refractivity contribution in [3.05, 3.63) is 60.4 Å². The van der Waals surface area contributed by atoms with Crippen molar-refractivity contribution in [3.8, 4) is 11.4 Å². The highest BCUT2D eigenvalue weighted by atomic mass is 15.5. The Bertz CT molecular complexity index is 664. The molecular formula is C14H14N4. The molecule has 4 heteroatoms. The van der Waals surface area contributed by atoms with Gasteiger partial charge in [-0.05, 0) is 13.8 Å². The zero-order valence-corrected chi connectivity index (χ0v) is 10.4. The molecule has 3 rings (SSSR count). The van der Waals surface area contributed by atoms with Crippen molar-refractivity contribution in [1.82, 2.24) is 19.3 Å². The fourth-order valence-electron chi connectivity index (χ4n) is 1.97. The fraction of sp³-hybridized carbons (Fsp3) is 0.143. The lowest BCUT2D eigenvalue weighted by molar-refractivity contribution is 0.664. The molecule has 0 fully saturated rings. The van der Waals surface area contributed by atoms with Gasteiger partial charge in [-0.2, -0.15) is 0 Å². The highest BCUT2D eigenvalue weighted by Gasteiger charge is 2.09. The SMILES string of the molecule is Cc1cn(-n2cc(C)nc2-c2ccccc2)cn1. The van der Waals surface area contributed by atoms with Gasteiger partial charge in [0.1, 0.15) is 6.33 Å². The summed E-state index contributed by atoms with van der Waals surface area (Å²) in [7, 11) is 0. The van der Waals surface area contributed by atoms with Gasteiger partial charge in [-0.1, -0.05) is 30.3 Å². The van der Waals surface area contributed by atoms with Crippen molar-refractivity contribution in [2.45, 2.75) is 13.8 Å². The molecule has 0 aliphatic rings. The topological polar surface area (TPSA) is 35.6 Å². The van der Waals surface area contributed by atoms with E-state index in [9.17, 15) is 0 Å². The second-order valence-corrected chi connectivity index (χ2v) is 4.31. The van der Waals surface area contributed by atoms with E-state index in [4.69, 9.17) is 0 Å². The van der Waals surface area contributed by atoms with Crippen molar-refractivity contribution < 1.29 is 0 Å². The number of hydrogen-bond acceptors (Lipinski definition) is 2. The summed E-state index contributed by atoms with van der Waals surface area (Å²) >= 11 is 0. The van der Waals surface area contributed by atoms with E-state index < -0.39 is 0 Å². The molecule has 2 aromatic heterocycles. The molecule has 4 nitrogen and oxygen atoms in total. The van der Waals surface area contributed by atoms with Crippen LogP contribution in [0.3, 0.4) is 0 Å². The average molecular weight is 238 g/mol. The Labute approximate surface area is 106 Å². The van der Waals surface area contributed by atoms with Crippen molar-refractivity contribution in [2.24, 2.45) is 0 Å². The van der Waals surface area contributed by atoms with Crippen LogP contribution in [0, 0.1) is 13.8 Å². The minimum Gasteiger partial charge on any atom is -0.242 e. The second-order valence-electron chi connectivity index (χ2n) is 4.31. The highest BCUT2D eigenvalue weighted by Crippen LogP contribution is 2.18. The van der Waals surface area contributed by atoms with Crippen LogP contribution in [0.5, 0.6) is 0 Å². The molecule has 2 heterocycles. The molecular weight excluding hydrogens is 224 g/mol. The van der Waals surface area contributed by atoms with Crippen LogP contribution in [-0.2, 0) is 0 Å². The number of rotatable bonds is 2. The molecule has 0 aliphatic carbocycles. The highest BCUT2D eigenvalue weighted by molar-refractivity contribution is 5.55. The first kappa shape index (κ1) is 10.8. The van der Waals surface area contributed by atoms with Crippen molar-refractivity contribution in [3.63, 3.8) is 0 Å². The molecule has 3 aromatic rings. The molecule has 1 aromatic carbocycles. The summed E-state index contributed by atoms with van der Waals surface area (Å²) in [5.41, 5.74) is 3.07. The van der Waals surface area contributed by atoms with Crippen LogP contribution in [0.4, 0.5) is 0 Å². The van der Waals surface area contributed by atoms with Gasteiger partial charge in [-0.3, -0.25) is 0 Å². The zero-order chi connectivity index (χ0) is 12.5. The average Bonchev–Trinajstić information content (AvgIpc) is 2.96. The molecule has 18 heavy (non-hydrogen) atoms. The third kappa shape index (κ3) is 1.82. The Morgan fingerprint density at radius 2 is 1.72 bits per heavy atom. The van der Waals surface area contributed by atoms with Crippen LogP contribution in [-0.4, -0.2) is 19.3 Å². The first-order valence-corrected chi connectivity index (χ1v) is 5.87. The normalized spacial score (nSPS) is 10.8. The first-order valence-electron chi connectivity index (χ1n) is 5.87. The number of aromatic nitrogens is 4. The summed E-state index contributed by atoms with van der Waals surface area (Å²) in [5.74, 6) is 0.922. The zero-order valence-electron chi connectivity index (χ0n) is 10.4. The monoisotopic (exact) mass is 238 g/mol. The van der Waals surface area contributed by atoms with Crippen LogP contribution in [0.2, 0.25) is 0 Å². The van der Waals surface area contributed by atoms with Gasteiger partial charge in [0.2, 0.25) is 0 Å². The Morgan fingerprint density at radius 1 is 0.944 bits per heavy atom. The van der Waals surface area contributed by atoms with E-state index in [1.54, 1.807) is 6.33 Å². The molecule has 0 amide bonds. The van der Waals surface area contributed by atoms with E-state index >= 15 is 0 Å². The summed E-state index contributed by atoms with van der Waals surface area (Å²) in [5, 5.41) is 0. The minimum atomic E-state index is 0.922. The van der Waals surface area contributed by atoms with Gasteiger partial charge >= 0.3 is 0 Å². The predicted octanol–water partition coefficient (Wildman–Crippen LogP) is 2.67. The molecule has 0 aliphatic heterocycles. The number of imidazole rings is 2. The van der Waals surface area contributed by atoms with Crippen LogP contribution in [0.25, 0.3) is 11.4 Å². The maximum Gasteiger partial charge on any atom is 0.159 e. The van der Waals surface area contributed by atoms with Crippen LogP contribution in [0.1, 0.15) is 11.4 Å². The molecule has 0 saturated carbocycles. The summed E-state index contributed by atoms with van der Waals surface area (Å²) in [6.07, 6.45) is 5.78. The molecule has 0 radical (unpaired) electrons. The van der Waals surface area contributed by atoms with E-state index in [1.165, 1.54) is 0 Å². The standard InChI is InChI=1S/C14H14N4/c1-11-8-17(10-15-11)18-9-12(2)16-14(18)13-6-4-3-5-7-13/h3-10H,1-2H3. The van der Waals surface area contributed by atoms with Gasteiger partial charge in [0, 0.05) is 11.8 Å². The smallest absolute Gasteiger partial charge is 0.159 e. The Morgan fingerprint density at radius 3 is 2.39 bits per heavy atom. The number of aryl methyl sites for hydroxylation is 2. The molecule has 0 saturated heterocycles. The van der Waals surface area contributed by atoms with Gasteiger partial charge in [0.15, 0.2) is 5.82 Å². The van der Waals surface area contributed by atoms with Crippen LogP contribution >= 0.6 is 0 Å². The first-order chi connectivity index (χ1) is 8.74. The number of benzene rings is 1. The molecule has 90 valence electrons. The lowest BCUT2D eigenvalue weighted by atomic mass is 10.2. The number of hydrogen-bond donors (Lipinski definition) is 0. The van der Waals surface area contributed by atoms with Crippen molar-refractivity contribution >= 4 is 0 Å². The largest absolute Gasteiger partial charge is 0.242 e. The third-order valence-corrected chi connectivity index (χ3v) is 2.79. The molecule has 0 bridgehead atoms. The molecule has 0 atom stereocenters. The Balaban J connectivity index is 2.16. The lowest BCUT2D eigenvalue weighted by Gasteiger charge is -2.07. The minimum absolute atomic E-state index is 0.922. The van der Waals surface area contributed by atoms with E-state index in [0.29, 0.717) is 0 Å². The maximum atomic E-state index is 4.58. The van der Waals surface area contributed by atoms with Gasteiger partial charge in [-0.25, -0.2) is 19.3 Å². The second kappa shape index (κ2) is 4.14. The van der Waals surface area contributed by atoms with Crippen molar-refractivity contribution in [1.29, 1.82) is 0 Å².